The van der Waals surface area contributed by atoms with E-state index in [1.807, 2.05) is 20.8 Å². The predicted molar refractivity (Wildman–Crippen MR) is 51.0 cm³/mol. The molecule has 0 radical (unpaired) electrons. The highest BCUT2D eigenvalue weighted by Crippen LogP contribution is 2.20. The van der Waals surface area contributed by atoms with Crippen LogP contribution in [0.15, 0.2) is 0 Å². The summed E-state index contributed by atoms with van der Waals surface area (Å²) in [6.45, 7) is 7.64. The van der Waals surface area contributed by atoms with Crippen molar-refractivity contribution in [2.75, 3.05) is 0 Å². The van der Waals surface area contributed by atoms with E-state index in [-0.39, 0.29) is 12.0 Å². The molecule has 3 atom stereocenters. The molecule has 0 fully saturated rings. The highest BCUT2D eigenvalue weighted by molar-refractivity contribution is 4.72. The lowest BCUT2D eigenvalue weighted by Crippen LogP contribution is -2.25. The third kappa shape index (κ3) is 4.73. The van der Waals surface area contributed by atoms with Crippen molar-refractivity contribution < 1.29 is 10.2 Å². The van der Waals surface area contributed by atoms with E-state index in [1.165, 1.54) is 0 Å². The van der Waals surface area contributed by atoms with Crippen LogP contribution in [-0.2, 0) is 0 Å². The van der Waals surface area contributed by atoms with E-state index in [4.69, 9.17) is 0 Å². The molecule has 0 aliphatic carbocycles. The van der Waals surface area contributed by atoms with Crippen LogP contribution in [0.3, 0.4) is 0 Å². The summed E-state index contributed by atoms with van der Waals surface area (Å²) in [5.41, 5.74) is -0.552. The van der Waals surface area contributed by atoms with Crippen LogP contribution < -0.4 is 0 Å². The minimum atomic E-state index is -0.552. The molecule has 2 nitrogen and oxygen atoms in total. The zero-order chi connectivity index (χ0) is 9.78. The van der Waals surface area contributed by atoms with E-state index < -0.39 is 5.60 Å². The Morgan fingerprint density at radius 1 is 1.33 bits per heavy atom. The van der Waals surface area contributed by atoms with Gasteiger partial charge in [0, 0.05) is 0 Å². The number of aliphatic hydroxyl groups excluding tert-OH is 1. The van der Waals surface area contributed by atoms with Gasteiger partial charge < -0.3 is 10.2 Å². The normalized spacial score (nSPS) is 21.5. The lowest BCUT2D eigenvalue weighted by molar-refractivity contribution is 0.0316. The topological polar surface area (TPSA) is 40.5 Å². The quantitative estimate of drug-likeness (QED) is 0.668. The van der Waals surface area contributed by atoms with E-state index in [9.17, 15) is 10.2 Å². The van der Waals surface area contributed by atoms with Crippen LogP contribution in [0.1, 0.15) is 47.0 Å². The van der Waals surface area contributed by atoms with Gasteiger partial charge in [0.25, 0.3) is 0 Å². The summed E-state index contributed by atoms with van der Waals surface area (Å²) < 4.78 is 0. The Hall–Kier alpha value is -0.0800. The van der Waals surface area contributed by atoms with Crippen molar-refractivity contribution in [1.29, 1.82) is 0 Å². The summed E-state index contributed by atoms with van der Waals surface area (Å²) >= 11 is 0. The third-order valence-corrected chi connectivity index (χ3v) is 2.72. The average Bonchev–Trinajstić information content (AvgIpc) is 2.00. The van der Waals surface area contributed by atoms with E-state index in [1.54, 1.807) is 6.92 Å². The molecular formula is C10H22O2. The molecule has 0 rings (SSSR count). The Balaban J connectivity index is 3.67. The molecule has 0 aromatic carbocycles. The van der Waals surface area contributed by atoms with Gasteiger partial charge in [-0.25, -0.2) is 0 Å². The fraction of sp³-hybridized carbons (Fsp3) is 1.00. The predicted octanol–water partition coefficient (Wildman–Crippen LogP) is 1.94. The molecule has 12 heavy (non-hydrogen) atoms. The van der Waals surface area contributed by atoms with Crippen molar-refractivity contribution in [1.82, 2.24) is 0 Å². The van der Waals surface area contributed by atoms with Crippen LogP contribution in [0.5, 0.6) is 0 Å². The van der Waals surface area contributed by atoms with Gasteiger partial charge in [-0.05, 0) is 39.0 Å². The first-order chi connectivity index (χ1) is 5.39. The van der Waals surface area contributed by atoms with Gasteiger partial charge in [0.2, 0.25) is 0 Å². The first-order valence-electron chi connectivity index (χ1n) is 4.79. The smallest absolute Gasteiger partial charge is 0.0617 e. The molecule has 0 amide bonds. The minimum Gasteiger partial charge on any atom is -0.393 e. The Kier molecular flexibility index (Phi) is 4.80. The van der Waals surface area contributed by atoms with Crippen LogP contribution >= 0.6 is 0 Å². The fourth-order valence-electron chi connectivity index (χ4n) is 0.957. The van der Waals surface area contributed by atoms with Gasteiger partial charge >= 0.3 is 0 Å². The van der Waals surface area contributed by atoms with E-state index >= 15 is 0 Å². The lowest BCUT2D eigenvalue weighted by Gasteiger charge is -2.24. The molecule has 0 aromatic rings. The standard InChI is InChI=1S/C10H22O2/c1-5-10(4,12)7-6-8(2)9(3)11/h8-9,11-12H,5-7H2,1-4H3. The van der Waals surface area contributed by atoms with Crippen molar-refractivity contribution in [3.05, 3.63) is 0 Å². The van der Waals surface area contributed by atoms with E-state index in [2.05, 4.69) is 0 Å². The molecule has 0 saturated heterocycles. The van der Waals surface area contributed by atoms with Crippen LogP contribution in [0.2, 0.25) is 0 Å². The summed E-state index contributed by atoms with van der Waals surface area (Å²) in [6.07, 6.45) is 2.17. The van der Waals surface area contributed by atoms with Crippen LogP contribution in [0, 0.1) is 5.92 Å². The zero-order valence-electron chi connectivity index (χ0n) is 8.67. The maximum atomic E-state index is 9.67. The molecule has 3 unspecified atom stereocenters. The Morgan fingerprint density at radius 3 is 2.17 bits per heavy atom. The summed E-state index contributed by atoms with van der Waals surface area (Å²) in [5.74, 6) is 0.281. The molecule has 2 N–H and O–H groups in total. The van der Waals surface area contributed by atoms with Crippen molar-refractivity contribution in [3.63, 3.8) is 0 Å². The van der Waals surface area contributed by atoms with Gasteiger partial charge in [-0.3, -0.25) is 0 Å². The molecule has 0 heterocycles. The largest absolute Gasteiger partial charge is 0.393 e. The third-order valence-electron chi connectivity index (χ3n) is 2.72. The number of rotatable bonds is 5. The monoisotopic (exact) mass is 174 g/mol. The van der Waals surface area contributed by atoms with Crippen molar-refractivity contribution in [3.8, 4) is 0 Å². The Morgan fingerprint density at radius 2 is 1.83 bits per heavy atom. The van der Waals surface area contributed by atoms with Gasteiger partial charge in [-0.15, -0.1) is 0 Å². The SMILES string of the molecule is CCC(C)(O)CCC(C)C(C)O. The minimum absolute atomic E-state index is 0.266. The van der Waals surface area contributed by atoms with Crippen molar-refractivity contribution >= 4 is 0 Å². The van der Waals surface area contributed by atoms with Crippen LogP contribution in [0.4, 0.5) is 0 Å². The lowest BCUT2D eigenvalue weighted by atomic mass is 9.90. The second-order valence-electron chi connectivity index (χ2n) is 4.11. The molecule has 0 aromatic heterocycles. The summed E-state index contributed by atoms with van der Waals surface area (Å²) in [6, 6.07) is 0. The highest BCUT2D eigenvalue weighted by Gasteiger charge is 2.19. The molecular weight excluding hydrogens is 152 g/mol. The zero-order valence-corrected chi connectivity index (χ0v) is 8.67. The maximum Gasteiger partial charge on any atom is 0.0617 e. The molecule has 0 saturated carbocycles. The Labute approximate surface area is 75.6 Å². The van der Waals surface area contributed by atoms with Gasteiger partial charge in [0.15, 0.2) is 0 Å². The molecule has 0 aliphatic heterocycles. The van der Waals surface area contributed by atoms with Gasteiger partial charge in [-0.2, -0.15) is 0 Å². The summed E-state index contributed by atoms with van der Waals surface area (Å²) in [7, 11) is 0. The first kappa shape index (κ1) is 11.9. The van der Waals surface area contributed by atoms with Gasteiger partial charge in [-0.1, -0.05) is 13.8 Å². The number of hydrogen-bond donors (Lipinski definition) is 2. The Bertz CT molecular complexity index is 119. The molecule has 2 heteroatoms. The van der Waals surface area contributed by atoms with Gasteiger partial charge in [0.05, 0.1) is 11.7 Å². The van der Waals surface area contributed by atoms with Gasteiger partial charge in [0.1, 0.15) is 0 Å². The molecule has 74 valence electrons. The van der Waals surface area contributed by atoms with Crippen LogP contribution in [0.25, 0.3) is 0 Å². The van der Waals surface area contributed by atoms with Crippen molar-refractivity contribution in [2.45, 2.75) is 58.7 Å². The molecule has 0 aliphatic rings. The molecule has 0 spiro atoms. The van der Waals surface area contributed by atoms with Crippen molar-refractivity contribution in [2.24, 2.45) is 5.92 Å². The number of hydrogen-bond acceptors (Lipinski definition) is 2. The van der Waals surface area contributed by atoms with E-state index in [0.29, 0.717) is 0 Å². The fourth-order valence-corrected chi connectivity index (χ4v) is 0.957. The highest BCUT2D eigenvalue weighted by atomic mass is 16.3. The van der Waals surface area contributed by atoms with E-state index in [0.717, 1.165) is 19.3 Å². The maximum absolute atomic E-state index is 9.67. The first-order valence-corrected chi connectivity index (χ1v) is 4.79. The second-order valence-corrected chi connectivity index (χ2v) is 4.11. The summed E-state index contributed by atoms with van der Waals surface area (Å²) in [5, 5.41) is 18.9. The molecule has 0 bridgehead atoms. The van der Waals surface area contributed by atoms with Crippen LogP contribution in [-0.4, -0.2) is 21.9 Å². The number of aliphatic hydroxyl groups is 2. The second kappa shape index (κ2) is 4.83. The average molecular weight is 174 g/mol. The summed E-state index contributed by atoms with van der Waals surface area (Å²) in [4.78, 5) is 0.